The van der Waals surface area contributed by atoms with Crippen LogP contribution in [-0.4, -0.2) is 38.6 Å². The van der Waals surface area contributed by atoms with Gasteiger partial charge in [0.25, 0.3) is 0 Å². The second-order valence-electron chi connectivity index (χ2n) is 4.21. The van der Waals surface area contributed by atoms with Gasteiger partial charge in [0.2, 0.25) is 0 Å². The zero-order valence-electron chi connectivity index (χ0n) is 10.2. The van der Waals surface area contributed by atoms with E-state index in [1.807, 2.05) is 14.1 Å². The monoisotopic (exact) mass is 259 g/mol. The highest BCUT2D eigenvalue weighted by atomic mass is 35.5. The van der Waals surface area contributed by atoms with E-state index in [9.17, 15) is 4.39 Å². The van der Waals surface area contributed by atoms with E-state index in [1.165, 1.54) is 6.07 Å². The van der Waals surface area contributed by atoms with Crippen LogP contribution < -0.4 is 11.1 Å². The van der Waals surface area contributed by atoms with Crippen LogP contribution >= 0.6 is 11.6 Å². The second kappa shape index (κ2) is 6.91. The maximum Gasteiger partial charge on any atom is 0.129 e. The van der Waals surface area contributed by atoms with Crippen molar-refractivity contribution in [2.24, 2.45) is 5.73 Å². The third-order valence-electron chi connectivity index (χ3n) is 2.52. The van der Waals surface area contributed by atoms with Gasteiger partial charge >= 0.3 is 0 Å². The van der Waals surface area contributed by atoms with Gasteiger partial charge in [-0.1, -0.05) is 17.7 Å². The molecule has 0 saturated carbocycles. The molecule has 1 aromatic rings. The SMILES string of the molecule is CN(C)CCNC(CN)c1ccc(Cl)cc1F. The van der Waals surface area contributed by atoms with Crippen molar-refractivity contribution >= 4 is 11.6 Å². The summed E-state index contributed by atoms with van der Waals surface area (Å²) >= 11 is 5.71. The minimum Gasteiger partial charge on any atom is -0.329 e. The molecular weight excluding hydrogens is 241 g/mol. The Labute approximate surface area is 107 Å². The Kier molecular flexibility index (Phi) is 5.85. The summed E-state index contributed by atoms with van der Waals surface area (Å²) in [6.07, 6.45) is 0. The van der Waals surface area contributed by atoms with Crippen molar-refractivity contribution in [2.75, 3.05) is 33.7 Å². The van der Waals surface area contributed by atoms with Crippen LogP contribution in [0.15, 0.2) is 18.2 Å². The molecule has 0 radical (unpaired) electrons. The van der Waals surface area contributed by atoms with Gasteiger partial charge in [-0.2, -0.15) is 0 Å². The number of benzene rings is 1. The van der Waals surface area contributed by atoms with Gasteiger partial charge in [0.1, 0.15) is 5.82 Å². The molecular formula is C12H19ClFN3. The van der Waals surface area contributed by atoms with E-state index >= 15 is 0 Å². The van der Waals surface area contributed by atoms with E-state index in [4.69, 9.17) is 17.3 Å². The lowest BCUT2D eigenvalue weighted by molar-refractivity contribution is 0.383. The largest absolute Gasteiger partial charge is 0.329 e. The molecule has 0 aromatic heterocycles. The van der Waals surface area contributed by atoms with Crippen molar-refractivity contribution < 1.29 is 4.39 Å². The van der Waals surface area contributed by atoms with Crippen molar-refractivity contribution in [3.63, 3.8) is 0 Å². The Morgan fingerprint density at radius 2 is 2.18 bits per heavy atom. The smallest absolute Gasteiger partial charge is 0.129 e. The molecule has 0 heterocycles. The normalized spacial score (nSPS) is 13.1. The Balaban J connectivity index is 2.66. The molecule has 5 heteroatoms. The van der Waals surface area contributed by atoms with Crippen LogP contribution in [0.2, 0.25) is 5.02 Å². The number of hydrogen-bond donors (Lipinski definition) is 2. The van der Waals surface area contributed by atoms with Crippen LogP contribution in [0.1, 0.15) is 11.6 Å². The molecule has 3 nitrogen and oxygen atoms in total. The van der Waals surface area contributed by atoms with Gasteiger partial charge in [-0.15, -0.1) is 0 Å². The van der Waals surface area contributed by atoms with Gasteiger partial charge < -0.3 is 16.0 Å². The van der Waals surface area contributed by atoms with E-state index in [1.54, 1.807) is 12.1 Å². The Morgan fingerprint density at radius 1 is 1.47 bits per heavy atom. The highest BCUT2D eigenvalue weighted by Crippen LogP contribution is 2.20. The molecule has 1 rings (SSSR count). The third kappa shape index (κ3) is 4.60. The molecule has 0 fully saturated rings. The van der Waals surface area contributed by atoms with E-state index in [-0.39, 0.29) is 11.9 Å². The van der Waals surface area contributed by atoms with Crippen molar-refractivity contribution in [3.8, 4) is 0 Å². The van der Waals surface area contributed by atoms with E-state index in [2.05, 4.69) is 10.2 Å². The molecule has 3 N–H and O–H groups in total. The van der Waals surface area contributed by atoms with Crippen molar-refractivity contribution in [2.45, 2.75) is 6.04 Å². The Morgan fingerprint density at radius 3 is 2.71 bits per heavy atom. The number of nitrogens with one attached hydrogen (secondary N) is 1. The molecule has 0 amide bonds. The van der Waals surface area contributed by atoms with Crippen LogP contribution in [0, 0.1) is 5.82 Å². The van der Waals surface area contributed by atoms with Crippen molar-refractivity contribution in [1.29, 1.82) is 0 Å². The van der Waals surface area contributed by atoms with Crippen LogP contribution in [-0.2, 0) is 0 Å². The fraction of sp³-hybridized carbons (Fsp3) is 0.500. The third-order valence-corrected chi connectivity index (χ3v) is 2.76. The van der Waals surface area contributed by atoms with Crippen LogP contribution in [0.5, 0.6) is 0 Å². The quantitative estimate of drug-likeness (QED) is 0.816. The lowest BCUT2D eigenvalue weighted by atomic mass is 10.1. The predicted octanol–water partition coefficient (Wildman–Crippen LogP) is 1.63. The maximum absolute atomic E-state index is 13.7. The van der Waals surface area contributed by atoms with Gasteiger partial charge in [0.05, 0.1) is 0 Å². The van der Waals surface area contributed by atoms with Gasteiger partial charge in [-0.05, 0) is 26.2 Å². The van der Waals surface area contributed by atoms with Gasteiger partial charge in [-0.3, -0.25) is 0 Å². The Bertz CT molecular complexity index is 358. The summed E-state index contributed by atoms with van der Waals surface area (Å²) < 4.78 is 13.7. The summed E-state index contributed by atoms with van der Waals surface area (Å²) in [5, 5.41) is 3.63. The molecule has 1 aromatic carbocycles. The highest BCUT2D eigenvalue weighted by molar-refractivity contribution is 6.30. The molecule has 0 aliphatic carbocycles. The summed E-state index contributed by atoms with van der Waals surface area (Å²) in [7, 11) is 3.98. The fourth-order valence-electron chi connectivity index (χ4n) is 1.57. The standard InChI is InChI=1S/C12H19ClFN3/c1-17(2)6-5-16-12(8-15)10-4-3-9(13)7-11(10)14/h3-4,7,12,16H,5-6,8,15H2,1-2H3. The summed E-state index contributed by atoms with van der Waals surface area (Å²) in [4.78, 5) is 2.05. The lowest BCUT2D eigenvalue weighted by Crippen LogP contribution is -2.34. The molecule has 0 saturated heterocycles. The van der Waals surface area contributed by atoms with E-state index in [0.29, 0.717) is 17.1 Å². The fourth-order valence-corrected chi connectivity index (χ4v) is 1.73. The van der Waals surface area contributed by atoms with Gasteiger partial charge in [-0.25, -0.2) is 4.39 Å². The van der Waals surface area contributed by atoms with Crippen LogP contribution in [0.3, 0.4) is 0 Å². The first-order valence-corrected chi connectivity index (χ1v) is 5.95. The zero-order valence-corrected chi connectivity index (χ0v) is 11.0. The molecule has 0 bridgehead atoms. The number of hydrogen-bond acceptors (Lipinski definition) is 3. The van der Waals surface area contributed by atoms with Crippen molar-refractivity contribution in [1.82, 2.24) is 10.2 Å². The summed E-state index contributed by atoms with van der Waals surface area (Å²) in [5.74, 6) is -0.315. The molecule has 0 spiro atoms. The topological polar surface area (TPSA) is 41.3 Å². The predicted molar refractivity (Wildman–Crippen MR) is 69.8 cm³/mol. The maximum atomic E-state index is 13.7. The number of halogens is 2. The average Bonchev–Trinajstić information content (AvgIpc) is 2.25. The second-order valence-corrected chi connectivity index (χ2v) is 4.65. The van der Waals surface area contributed by atoms with Crippen LogP contribution in [0.25, 0.3) is 0 Å². The molecule has 0 aliphatic rings. The first-order chi connectivity index (χ1) is 8.04. The number of rotatable bonds is 6. The number of nitrogens with zero attached hydrogens (tertiary/aromatic N) is 1. The molecule has 96 valence electrons. The Hall–Kier alpha value is -0.680. The molecule has 1 atom stereocenters. The van der Waals surface area contributed by atoms with Gasteiger partial charge in [0.15, 0.2) is 0 Å². The minimum atomic E-state index is -0.315. The van der Waals surface area contributed by atoms with E-state index in [0.717, 1.165) is 13.1 Å². The average molecular weight is 260 g/mol. The minimum absolute atomic E-state index is 0.174. The summed E-state index contributed by atoms with van der Waals surface area (Å²) in [6, 6.07) is 4.49. The summed E-state index contributed by atoms with van der Waals surface area (Å²) in [5.41, 5.74) is 6.22. The first-order valence-electron chi connectivity index (χ1n) is 5.57. The molecule has 0 aliphatic heterocycles. The highest BCUT2D eigenvalue weighted by Gasteiger charge is 2.13. The van der Waals surface area contributed by atoms with E-state index < -0.39 is 0 Å². The number of likely N-dealkylation sites (N-methyl/N-ethyl adjacent to an activating group) is 1. The van der Waals surface area contributed by atoms with Crippen molar-refractivity contribution in [3.05, 3.63) is 34.6 Å². The lowest BCUT2D eigenvalue weighted by Gasteiger charge is -2.19. The number of nitrogens with two attached hydrogens (primary N) is 1. The zero-order chi connectivity index (χ0) is 12.8. The van der Waals surface area contributed by atoms with Crippen LogP contribution in [0.4, 0.5) is 4.39 Å². The molecule has 1 unspecified atom stereocenters. The first kappa shape index (κ1) is 14.4. The summed E-state index contributed by atoms with van der Waals surface area (Å²) in [6.45, 7) is 1.99. The molecule has 17 heavy (non-hydrogen) atoms. The van der Waals surface area contributed by atoms with Gasteiger partial charge in [0, 0.05) is 36.3 Å².